The molecule has 1 aliphatic rings. The Kier molecular flexibility index (Phi) is 4.87. The second-order valence-electron chi connectivity index (χ2n) is 5.82. The Morgan fingerprint density at radius 2 is 2.16 bits per heavy atom. The van der Waals surface area contributed by atoms with E-state index in [0.29, 0.717) is 11.6 Å². The van der Waals surface area contributed by atoms with E-state index >= 15 is 0 Å². The van der Waals surface area contributed by atoms with Gasteiger partial charge in [-0.25, -0.2) is 0 Å². The van der Waals surface area contributed by atoms with Crippen molar-refractivity contribution < 1.29 is 0 Å². The van der Waals surface area contributed by atoms with Crippen molar-refractivity contribution in [3.8, 4) is 6.07 Å². The quantitative estimate of drug-likeness (QED) is 0.855. The molecule has 1 aliphatic carbocycles. The lowest BCUT2D eigenvalue weighted by Gasteiger charge is -2.33. The molecule has 0 bridgehead atoms. The molecule has 3 heteroatoms. The van der Waals surface area contributed by atoms with E-state index < -0.39 is 0 Å². The van der Waals surface area contributed by atoms with Crippen LogP contribution in [0.2, 0.25) is 0 Å². The third-order valence-electron chi connectivity index (χ3n) is 4.12. The molecule has 2 nitrogen and oxygen atoms in total. The van der Waals surface area contributed by atoms with Crippen LogP contribution in [0.25, 0.3) is 0 Å². The molecular weight excluding hydrogens is 300 g/mol. The Labute approximate surface area is 124 Å². The van der Waals surface area contributed by atoms with Gasteiger partial charge in [0.1, 0.15) is 0 Å². The van der Waals surface area contributed by atoms with E-state index in [1.54, 1.807) is 0 Å². The molecule has 1 N–H and O–H groups in total. The molecule has 2 unspecified atom stereocenters. The Bertz CT molecular complexity index is 476. The smallest absolute Gasteiger partial charge is 0.0992 e. The predicted molar refractivity (Wildman–Crippen MR) is 83.1 cm³/mol. The van der Waals surface area contributed by atoms with E-state index in [4.69, 9.17) is 5.26 Å². The number of anilines is 1. The summed E-state index contributed by atoms with van der Waals surface area (Å²) in [7, 11) is 0. The summed E-state index contributed by atoms with van der Waals surface area (Å²) in [5, 5.41) is 12.5. The maximum Gasteiger partial charge on any atom is 0.0992 e. The zero-order chi connectivity index (χ0) is 13.8. The maximum atomic E-state index is 8.88. The molecule has 2 rings (SSSR count). The average Bonchev–Trinajstić information content (AvgIpc) is 2.41. The van der Waals surface area contributed by atoms with Crippen LogP contribution in [-0.4, -0.2) is 6.04 Å². The van der Waals surface area contributed by atoms with Gasteiger partial charge in [-0.05, 0) is 58.8 Å². The molecule has 0 aliphatic heterocycles. The van der Waals surface area contributed by atoms with E-state index in [2.05, 4.69) is 41.2 Å². The lowest BCUT2D eigenvalue weighted by Crippen LogP contribution is -2.29. The van der Waals surface area contributed by atoms with Gasteiger partial charge in [0, 0.05) is 16.2 Å². The van der Waals surface area contributed by atoms with Crippen molar-refractivity contribution in [2.45, 2.75) is 45.6 Å². The molecule has 2 atom stereocenters. The molecule has 1 aromatic rings. The van der Waals surface area contributed by atoms with Crippen molar-refractivity contribution in [2.75, 3.05) is 5.32 Å². The molecule has 0 spiro atoms. The fraction of sp³-hybridized carbons (Fsp3) is 0.562. The van der Waals surface area contributed by atoms with Crippen LogP contribution in [0, 0.1) is 23.2 Å². The Morgan fingerprint density at radius 3 is 2.79 bits per heavy atom. The highest BCUT2D eigenvalue weighted by atomic mass is 79.9. The van der Waals surface area contributed by atoms with E-state index in [9.17, 15) is 0 Å². The molecule has 19 heavy (non-hydrogen) atoms. The van der Waals surface area contributed by atoms with Gasteiger partial charge >= 0.3 is 0 Å². The van der Waals surface area contributed by atoms with Gasteiger partial charge in [0.15, 0.2) is 0 Å². The topological polar surface area (TPSA) is 35.8 Å². The molecule has 1 saturated carbocycles. The van der Waals surface area contributed by atoms with Crippen LogP contribution >= 0.6 is 15.9 Å². The van der Waals surface area contributed by atoms with Crippen LogP contribution in [0.5, 0.6) is 0 Å². The number of hydrogen-bond acceptors (Lipinski definition) is 2. The first-order chi connectivity index (χ1) is 9.10. The van der Waals surface area contributed by atoms with Gasteiger partial charge in [-0.2, -0.15) is 5.26 Å². The molecule has 102 valence electrons. The standard InChI is InChI=1S/C16H21BrN2/c1-11(2)13-4-3-5-14(9-13)19-16-7-6-12(10-18)8-15(16)17/h6-8,11,13-14,19H,3-5,9H2,1-2H3. The molecule has 0 heterocycles. The second kappa shape index (κ2) is 6.43. The Hall–Kier alpha value is -1.01. The largest absolute Gasteiger partial charge is 0.381 e. The van der Waals surface area contributed by atoms with Crippen molar-refractivity contribution >= 4 is 21.6 Å². The highest BCUT2D eigenvalue weighted by Crippen LogP contribution is 2.33. The monoisotopic (exact) mass is 320 g/mol. The Morgan fingerprint density at radius 1 is 1.37 bits per heavy atom. The number of halogens is 1. The van der Waals surface area contributed by atoms with Crippen LogP contribution in [0.3, 0.4) is 0 Å². The van der Waals surface area contributed by atoms with Crippen LogP contribution in [0.15, 0.2) is 22.7 Å². The zero-order valence-corrected chi connectivity index (χ0v) is 13.2. The SMILES string of the molecule is CC(C)C1CCCC(Nc2ccc(C#N)cc2Br)C1. The Balaban J connectivity index is 2.03. The lowest BCUT2D eigenvalue weighted by molar-refractivity contribution is 0.264. The summed E-state index contributed by atoms with van der Waals surface area (Å²) < 4.78 is 0.984. The minimum Gasteiger partial charge on any atom is -0.381 e. The number of nitrogens with one attached hydrogen (secondary N) is 1. The third-order valence-corrected chi connectivity index (χ3v) is 4.77. The van der Waals surface area contributed by atoms with Gasteiger partial charge in [0.2, 0.25) is 0 Å². The molecule has 0 radical (unpaired) electrons. The summed E-state index contributed by atoms with van der Waals surface area (Å²) in [5.41, 5.74) is 1.80. The average molecular weight is 321 g/mol. The molecular formula is C16H21BrN2. The fourth-order valence-corrected chi connectivity index (χ4v) is 3.38. The van der Waals surface area contributed by atoms with Crippen LogP contribution < -0.4 is 5.32 Å². The van der Waals surface area contributed by atoms with E-state index in [1.165, 1.54) is 25.7 Å². The highest BCUT2D eigenvalue weighted by molar-refractivity contribution is 9.10. The summed E-state index contributed by atoms with van der Waals surface area (Å²) in [6.07, 6.45) is 5.18. The molecule has 1 fully saturated rings. The van der Waals surface area contributed by atoms with Gasteiger partial charge < -0.3 is 5.32 Å². The second-order valence-corrected chi connectivity index (χ2v) is 6.67. The number of hydrogen-bond donors (Lipinski definition) is 1. The molecule has 0 saturated heterocycles. The maximum absolute atomic E-state index is 8.88. The summed E-state index contributed by atoms with van der Waals surface area (Å²) in [6, 6.07) is 8.48. The van der Waals surface area contributed by atoms with Crippen LogP contribution in [-0.2, 0) is 0 Å². The minimum absolute atomic E-state index is 0.561. The van der Waals surface area contributed by atoms with Gasteiger partial charge in [-0.1, -0.05) is 26.7 Å². The van der Waals surface area contributed by atoms with Gasteiger partial charge in [0.05, 0.1) is 11.6 Å². The van der Waals surface area contributed by atoms with Gasteiger partial charge in [-0.3, -0.25) is 0 Å². The van der Waals surface area contributed by atoms with Gasteiger partial charge in [-0.15, -0.1) is 0 Å². The van der Waals surface area contributed by atoms with E-state index in [-0.39, 0.29) is 0 Å². The summed E-state index contributed by atoms with van der Waals surface area (Å²) in [5.74, 6) is 1.61. The zero-order valence-electron chi connectivity index (χ0n) is 11.6. The van der Waals surface area contributed by atoms with Crippen molar-refractivity contribution in [3.05, 3.63) is 28.2 Å². The number of nitriles is 1. The lowest BCUT2D eigenvalue weighted by atomic mass is 9.79. The van der Waals surface area contributed by atoms with Crippen molar-refractivity contribution in [1.82, 2.24) is 0 Å². The van der Waals surface area contributed by atoms with E-state index in [1.807, 2.05) is 18.2 Å². The minimum atomic E-state index is 0.561. The number of nitrogens with zero attached hydrogens (tertiary/aromatic N) is 1. The van der Waals surface area contributed by atoms with Crippen LogP contribution in [0.1, 0.15) is 45.1 Å². The fourth-order valence-electron chi connectivity index (χ4n) is 2.89. The number of benzene rings is 1. The summed E-state index contributed by atoms with van der Waals surface area (Å²) in [4.78, 5) is 0. The summed E-state index contributed by atoms with van der Waals surface area (Å²) in [6.45, 7) is 4.65. The van der Waals surface area contributed by atoms with Crippen molar-refractivity contribution in [2.24, 2.45) is 11.8 Å². The molecule has 0 aromatic heterocycles. The first-order valence-electron chi connectivity index (χ1n) is 7.06. The van der Waals surface area contributed by atoms with Gasteiger partial charge in [0.25, 0.3) is 0 Å². The summed E-state index contributed by atoms with van der Waals surface area (Å²) >= 11 is 3.55. The predicted octanol–water partition coefficient (Wildman–Crippen LogP) is 4.95. The number of rotatable bonds is 3. The molecule has 1 aromatic carbocycles. The highest BCUT2D eigenvalue weighted by Gasteiger charge is 2.24. The normalized spacial score (nSPS) is 23.1. The van der Waals surface area contributed by atoms with Crippen LogP contribution in [0.4, 0.5) is 5.69 Å². The van der Waals surface area contributed by atoms with E-state index in [0.717, 1.165) is 22.0 Å². The van der Waals surface area contributed by atoms with Crippen molar-refractivity contribution in [3.63, 3.8) is 0 Å². The molecule has 0 amide bonds. The van der Waals surface area contributed by atoms with Crippen molar-refractivity contribution in [1.29, 1.82) is 5.26 Å². The third kappa shape index (κ3) is 3.73. The first-order valence-corrected chi connectivity index (χ1v) is 7.85. The first kappa shape index (κ1) is 14.4.